The molecule has 7 N–H and O–H groups in total. The second-order valence-corrected chi connectivity index (χ2v) is 5.75. The molecule has 12 nitrogen and oxygen atoms in total. The second kappa shape index (κ2) is 8.18. The summed E-state index contributed by atoms with van der Waals surface area (Å²) in [5.41, 5.74) is 0. The van der Waals surface area contributed by atoms with Crippen LogP contribution in [0.3, 0.4) is 0 Å². The van der Waals surface area contributed by atoms with Crippen LogP contribution < -0.4 is 0 Å². The maximum absolute atomic E-state index is 11.8. The monoisotopic (exact) mass is 370 g/mol. The van der Waals surface area contributed by atoms with Gasteiger partial charge >= 0.3 is 5.97 Å². The molecule has 0 aromatic heterocycles. The molecule has 2 rings (SSSR count). The van der Waals surface area contributed by atoms with E-state index in [0.717, 1.165) is 7.11 Å². The van der Waals surface area contributed by atoms with Gasteiger partial charge in [-0.15, -0.1) is 0 Å². The van der Waals surface area contributed by atoms with Gasteiger partial charge in [-0.3, -0.25) is 0 Å². The first-order valence-electron chi connectivity index (χ1n) is 7.46. The van der Waals surface area contributed by atoms with Crippen molar-refractivity contribution in [1.29, 1.82) is 0 Å². The number of aliphatic hydroxyl groups excluding tert-OH is 7. The number of carbonyl (C=O) groups excluding carboxylic acids is 1. The minimum Gasteiger partial charge on any atom is -0.467 e. The van der Waals surface area contributed by atoms with Crippen LogP contribution in [-0.4, -0.2) is 117 Å². The van der Waals surface area contributed by atoms with Crippen molar-refractivity contribution in [1.82, 2.24) is 0 Å². The molecule has 0 saturated carbocycles. The summed E-state index contributed by atoms with van der Waals surface area (Å²) < 4.78 is 19.7. The third-order valence-corrected chi connectivity index (χ3v) is 4.14. The maximum Gasteiger partial charge on any atom is 0.337 e. The zero-order chi connectivity index (χ0) is 18.9. The lowest BCUT2D eigenvalue weighted by Crippen LogP contribution is -2.65. The highest BCUT2D eigenvalue weighted by Crippen LogP contribution is 2.29. The van der Waals surface area contributed by atoms with Crippen molar-refractivity contribution < 1.29 is 59.5 Å². The first-order chi connectivity index (χ1) is 11.7. The molecular weight excluding hydrogens is 348 g/mol. The summed E-state index contributed by atoms with van der Waals surface area (Å²) in [7, 11) is 1.01. The highest BCUT2D eigenvalue weighted by molar-refractivity contribution is 5.75. The van der Waals surface area contributed by atoms with Gasteiger partial charge in [0, 0.05) is 0 Å². The minimum atomic E-state index is -1.89. The van der Waals surface area contributed by atoms with Gasteiger partial charge in [0.05, 0.1) is 13.7 Å². The number of aliphatic hydroxyl groups is 7. The molecule has 10 atom stereocenters. The largest absolute Gasteiger partial charge is 0.467 e. The zero-order valence-electron chi connectivity index (χ0n) is 13.2. The molecule has 0 unspecified atom stereocenters. The van der Waals surface area contributed by atoms with Crippen molar-refractivity contribution in [2.75, 3.05) is 13.7 Å². The van der Waals surface area contributed by atoms with Gasteiger partial charge in [0.15, 0.2) is 18.7 Å². The second-order valence-electron chi connectivity index (χ2n) is 5.75. The molecule has 0 radical (unpaired) electrons. The molecule has 0 amide bonds. The lowest BCUT2D eigenvalue weighted by Gasteiger charge is -2.44. The molecule has 0 spiro atoms. The van der Waals surface area contributed by atoms with E-state index in [2.05, 4.69) is 4.74 Å². The molecule has 2 heterocycles. The Morgan fingerprint density at radius 3 is 2.12 bits per heavy atom. The van der Waals surface area contributed by atoms with E-state index in [4.69, 9.17) is 19.3 Å². The summed E-state index contributed by atoms with van der Waals surface area (Å²) in [6.07, 6.45) is -17.0. The fraction of sp³-hybridized carbons (Fsp3) is 0.923. The Balaban J connectivity index is 2.20. The average molecular weight is 370 g/mol. The van der Waals surface area contributed by atoms with Gasteiger partial charge < -0.3 is 54.7 Å². The highest BCUT2D eigenvalue weighted by atomic mass is 16.7. The van der Waals surface area contributed by atoms with Gasteiger partial charge in [-0.05, 0) is 0 Å². The summed E-state index contributed by atoms with van der Waals surface area (Å²) >= 11 is 0. The molecule has 0 bridgehead atoms. The Morgan fingerprint density at radius 1 is 0.920 bits per heavy atom. The van der Waals surface area contributed by atoms with E-state index in [-0.39, 0.29) is 0 Å². The number of hydrogen-bond acceptors (Lipinski definition) is 12. The van der Waals surface area contributed by atoms with Crippen molar-refractivity contribution in [2.24, 2.45) is 0 Å². The van der Waals surface area contributed by atoms with E-state index in [1.807, 2.05) is 0 Å². The Labute approximate surface area is 141 Å². The van der Waals surface area contributed by atoms with Crippen molar-refractivity contribution in [2.45, 2.75) is 61.4 Å². The van der Waals surface area contributed by atoms with Crippen molar-refractivity contribution in [3.05, 3.63) is 0 Å². The SMILES string of the molecule is COC(=O)[C@H]1O[C@H](O)[C@H](O)[C@@H](O)[C@@H]1O[C@@H]1O[C@H](CO)[C@H](O)[C@H](O)[C@H]1O. The van der Waals surface area contributed by atoms with E-state index in [1.165, 1.54) is 0 Å². The van der Waals surface area contributed by atoms with Crippen LogP contribution in [0.25, 0.3) is 0 Å². The number of methoxy groups -OCH3 is 1. The Kier molecular flexibility index (Phi) is 6.67. The smallest absolute Gasteiger partial charge is 0.337 e. The van der Waals surface area contributed by atoms with Gasteiger partial charge in [-0.1, -0.05) is 0 Å². The van der Waals surface area contributed by atoms with Crippen molar-refractivity contribution in [3.63, 3.8) is 0 Å². The van der Waals surface area contributed by atoms with Crippen LogP contribution in [-0.2, 0) is 23.7 Å². The number of ether oxygens (including phenoxy) is 4. The summed E-state index contributed by atoms with van der Waals surface area (Å²) in [4.78, 5) is 11.8. The van der Waals surface area contributed by atoms with Crippen LogP contribution in [0.1, 0.15) is 0 Å². The Morgan fingerprint density at radius 2 is 1.56 bits per heavy atom. The molecule has 2 saturated heterocycles. The number of rotatable bonds is 4. The molecule has 2 fully saturated rings. The normalized spacial score (nSPS) is 48.2. The lowest BCUT2D eigenvalue weighted by molar-refractivity contribution is -0.350. The van der Waals surface area contributed by atoms with Crippen LogP contribution in [0.2, 0.25) is 0 Å². The zero-order valence-corrected chi connectivity index (χ0v) is 13.2. The number of carbonyl (C=O) groups is 1. The fourth-order valence-electron chi connectivity index (χ4n) is 2.64. The number of esters is 1. The molecule has 0 aliphatic carbocycles. The molecule has 0 aromatic rings. The van der Waals surface area contributed by atoms with E-state index < -0.39 is 74.0 Å². The van der Waals surface area contributed by atoms with Crippen molar-refractivity contribution >= 4 is 5.97 Å². The molecule has 25 heavy (non-hydrogen) atoms. The van der Waals surface area contributed by atoms with Gasteiger partial charge in [0.1, 0.15) is 42.7 Å². The topological polar surface area (TPSA) is 196 Å². The first-order valence-corrected chi connectivity index (χ1v) is 7.46. The van der Waals surface area contributed by atoms with Crippen LogP contribution >= 0.6 is 0 Å². The maximum atomic E-state index is 11.8. The summed E-state index contributed by atoms with van der Waals surface area (Å²) in [5.74, 6) is -1.04. The lowest BCUT2D eigenvalue weighted by atomic mass is 9.97. The predicted octanol–water partition coefficient (Wildman–Crippen LogP) is -5.22. The highest BCUT2D eigenvalue weighted by Gasteiger charge is 2.52. The van der Waals surface area contributed by atoms with E-state index in [9.17, 15) is 35.4 Å². The predicted molar refractivity (Wildman–Crippen MR) is 73.5 cm³/mol. The standard InChI is InChI=1S/C13H22O12/c1-22-12(21)10-9(6(17)7(18)11(20)24-10)25-13-8(19)5(16)4(15)3(2-14)23-13/h3-11,13-20H,2H2,1H3/t3-,4+,5+,6-,7-,8-,9+,10+,11+,13+/m1/s1. The van der Waals surface area contributed by atoms with Gasteiger partial charge in [0.2, 0.25) is 0 Å². The molecular formula is C13H22O12. The fourth-order valence-corrected chi connectivity index (χ4v) is 2.64. The molecule has 2 aliphatic heterocycles. The van der Waals surface area contributed by atoms with Crippen LogP contribution in [0.5, 0.6) is 0 Å². The molecule has 12 heteroatoms. The van der Waals surface area contributed by atoms with Crippen molar-refractivity contribution in [3.8, 4) is 0 Å². The van der Waals surface area contributed by atoms with E-state index in [1.54, 1.807) is 0 Å². The van der Waals surface area contributed by atoms with Gasteiger partial charge in [-0.25, -0.2) is 4.79 Å². The Bertz CT molecular complexity index is 458. The molecule has 146 valence electrons. The van der Waals surface area contributed by atoms with E-state index in [0.29, 0.717) is 0 Å². The number of hydrogen-bond donors (Lipinski definition) is 7. The van der Waals surface area contributed by atoms with Gasteiger partial charge in [-0.2, -0.15) is 0 Å². The Hall–Kier alpha value is -0.930. The third-order valence-electron chi connectivity index (χ3n) is 4.14. The third kappa shape index (κ3) is 3.93. The molecule has 2 aliphatic rings. The van der Waals surface area contributed by atoms with E-state index >= 15 is 0 Å². The van der Waals surface area contributed by atoms with Crippen LogP contribution in [0.15, 0.2) is 0 Å². The minimum absolute atomic E-state index is 0.712. The first kappa shape index (κ1) is 20.4. The van der Waals surface area contributed by atoms with Crippen LogP contribution in [0.4, 0.5) is 0 Å². The summed E-state index contributed by atoms with van der Waals surface area (Å²) in [5, 5.41) is 67.8. The summed E-state index contributed by atoms with van der Waals surface area (Å²) in [6.45, 7) is -0.712. The quantitative estimate of drug-likeness (QED) is 0.233. The summed E-state index contributed by atoms with van der Waals surface area (Å²) in [6, 6.07) is 0. The average Bonchev–Trinajstić information content (AvgIpc) is 2.61. The molecule has 0 aromatic carbocycles. The van der Waals surface area contributed by atoms with Gasteiger partial charge in [0.25, 0.3) is 0 Å². The van der Waals surface area contributed by atoms with Crippen LogP contribution in [0, 0.1) is 0 Å².